The van der Waals surface area contributed by atoms with E-state index in [0.717, 1.165) is 43.4 Å². The van der Waals surface area contributed by atoms with Gasteiger partial charge in [0.25, 0.3) is 0 Å². The van der Waals surface area contributed by atoms with Crippen LogP contribution in [0.1, 0.15) is 80.9 Å². The average Bonchev–Trinajstić information content (AvgIpc) is 3.07. The molecule has 0 saturated carbocycles. The monoisotopic (exact) mass is 364 g/mol. The van der Waals surface area contributed by atoms with Crippen molar-refractivity contribution in [2.24, 2.45) is 0 Å². The maximum absolute atomic E-state index is 11.7. The van der Waals surface area contributed by atoms with Gasteiger partial charge in [-0.1, -0.05) is 39.0 Å². The summed E-state index contributed by atoms with van der Waals surface area (Å²) in [5.41, 5.74) is 0. The zero-order valence-electron chi connectivity index (χ0n) is 15.7. The third kappa shape index (κ3) is 10.9. The van der Waals surface area contributed by atoms with Crippen LogP contribution in [0.5, 0.6) is 0 Å². The molecule has 1 heterocycles. The van der Waals surface area contributed by atoms with Gasteiger partial charge in [0.1, 0.15) is 0 Å². The van der Waals surface area contributed by atoms with Crippen molar-refractivity contribution in [2.45, 2.75) is 77.6 Å². The van der Waals surface area contributed by atoms with Gasteiger partial charge in [-0.3, -0.25) is 9.59 Å². The molecule has 0 aliphatic carbocycles. The van der Waals surface area contributed by atoms with E-state index in [0.29, 0.717) is 12.8 Å². The van der Waals surface area contributed by atoms with E-state index in [1.54, 1.807) is 17.4 Å². The van der Waals surface area contributed by atoms with Crippen LogP contribution in [0.15, 0.2) is 18.2 Å². The Morgan fingerprint density at radius 3 is 2.48 bits per heavy atom. The van der Waals surface area contributed by atoms with Crippen molar-refractivity contribution in [2.75, 3.05) is 7.11 Å². The van der Waals surface area contributed by atoms with E-state index in [4.69, 9.17) is 0 Å². The van der Waals surface area contributed by atoms with Gasteiger partial charge in [-0.25, -0.2) is 0 Å². The van der Waals surface area contributed by atoms with E-state index in [1.807, 2.05) is 6.08 Å². The second kappa shape index (κ2) is 13.8. The summed E-state index contributed by atoms with van der Waals surface area (Å²) in [5.74, 6) is 0.123. The van der Waals surface area contributed by atoms with Gasteiger partial charge in [0, 0.05) is 22.6 Å². The van der Waals surface area contributed by atoms with Crippen LogP contribution >= 0.6 is 11.3 Å². The van der Waals surface area contributed by atoms with Crippen molar-refractivity contribution in [3.8, 4) is 0 Å². The SMILES string of the molecule is CCCCCC(=O)/C=C/c1ccc(CCCCCCCC(=O)OC)s1. The Morgan fingerprint density at radius 2 is 1.72 bits per heavy atom. The summed E-state index contributed by atoms with van der Waals surface area (Å²) in [6.07, 6.45) is 14.8. The number of allylic oxidation sites excluding steroid dienone is 1. The molecule has 0 spiro atoms. The first-order chi connectivity index (χ1) is 12.2. The van der Waals surface area contributed by atoms with Gasteiger partial charge in [0.15, 0.2) is 5.78 Å². The van der Waals surface area contributed by atoms with Gasteiger partial charge in [-0.05, 0) is 50.0 Å². The fraction of sp³-hybridized carbons (Fsp3) is 0.619. The summed E-state index contributed by atoms with van der Waals surface area (Å²) in [6, 6.07) is 4.27. The highest BCUT2D eigenvalue weighted by molar-refractivity contribution is 7.12. The van der Waals surface area contributed by atoms with Crippen LogP contribution in [0.4, 0.5) is 0 Å². The molecule has 3 nitrogen and oxygen atoms in total. The molecule has 0 unspecified atom stereocenters. The van der Waals surface area contributed by atoms with Crippen molar-refractivity contribution >= 4 is 29.2 Å². The third-order valence-electron chi connectivity index (χ3n) is 4.17. The predicted molar refractivity (Wildman–Crippen MR) is 106 cm³/mol. The molecule has 0 saturated heterocycles. The Kier molecular flexibility index (Phi) is 12.0. The maximum Gasteiger partial charge on any atom is 0.305 e. The standard InChI is InChI=1S/C21H32O3S/c1-3-4-8-11-18(22)14-15-20-17-16-19(25-20)12-9-6-5-7-10-13-21(23)24-2/h14-17H,3-13H2,1-2H3/b15-14+. The van der Waals surface area contributed by atoms with Gasteiger partial charge in [-0.2, -0.15) is 0 Å². The number of unbranched alkanes of at least 4 members (excludes halogenated alkanes) is 6. The van der Waals surface area contributed by atoms with Crippen LogP contribution in [-0.4, -0.2) is 18.9 Å². The molecule has 4 heteroatoms. The molecule has 0 aliphatic heterocycles. The number of rotatable bonds is 14. The number of hydrogen-bond donors (Lipinski definition) is 0. The lowest BCUT2D eigenvalue weighted by molar-refractivity contribution is -0.140. The lowest BCUT2D eigenvalue weighted by Crippen LogP contribution is -1.99. The molecule has 0 aliphatic rings. The zero-order chi connectivity index (χ0) is 18.3. The first-order valence-electron chi connectivity index (χ1n) is 9.52. The minimum Gasteiger partial charge on any atom is -0.469 e. The number of ether oxygens (including phenoxy) is 1. The number of methoxy groups -OCH3 is 1. The first kappa shape index (κ1) is 21.6. The van der Waals surface area contributed by atoms with Crippen LogP contribution in [0.3, 0.4) is 0 Å². The molecule has 1 rings (SSSR count). The van der Waals surface area contributed by atoms with Crippen molar-refractivity contribution in [3.63, 3.8) is 0 Å². The number of ketones is 1. The number of aryl methyl sites for hydroxylation is 1. The molecule has 0 amide bonds. The number of esters is 1. The molecule has 1 aromatic rings. The Morgan fingerprint density at radius 1 is 1.00 bits per heavy atom. The Balaban J connectivity index is 2.14. The van der Waals surface area contributed by atoms with Gasteiger partial charge in [-0.15, -0.1) is 11.3 Å². The highest BCUT2D eigenvalue weighted by atomic mass is 32.1. The van der Waals surface area contributed by atoms with Gasteiger partial charge in [0.2, 0.25) is 0 Å². The van der Waals surface area contributed by atoms with Crippen LogP contribution < -0.4 is 0 Å². The van der Waals surface area contributed by atoms with Gasteiger partial charge < -0.3 is 4.74 Å². The van der Waals surface area contributed by atoms with Crippen LogP contribution in [-0.2, 0) is 20.7 Å². The molecular formula is C21H32O3S. The molecular weight excluding hydrogens is 332 g/mol. The largest absolute Gasteiger partial charge is 0.469 e. The summed E-state index contributed by atoms with van der Waals surface area (Å²) in [6.45, 7) is 2.15. The van der Waals surface area contributed by atoms with Crippen molar-refractivity contribution < 1.29 is 14.3 Å². The Bertz CT molecular complexity index is 531. The molecule has 25 heavy (non-hydrogen) atoms. The first-order valence-corrected chi connectivity index (χ1v) is 10.3. The quantitative estimate of drug-likeness (QED) is 0.232. The number of thiophene rings is 1. The average molecular weight is 365 g/mol. The number of hydrogen-bond acceptors (Lipinski definition) is 4. The molecule has 140 valence electrons. The Hall–Kier alpha value is -1.42. The van der Waals surface area contributed by atoms with E-state index in [2.05, 4.69) is 23.8 Å². The highest BCUT2D eigenvalue weighted by Gasteiger charge is 2.01. The lowest BCUT2D eigenvalue weighted by Gasteiger charge is -2.00. The smallest absolute Gasteiger partial charge is 0.305 e. The topological polar surface area (TPSA) is 43.4 Å². The minimum absolute atomic E-state index is 0.108. The molecule has 0 N–H and O–H groups in total. The maximum atomic E-state index is 11.7. The summed E-state index contributed by atoms with van der Waals surface area (Å²) in [4.78, 5) is 25.3. The van der Waals surface area contributed by atoms with E-state index >= 15 is 0 Å². The molecule has 0 radical (unpaired) electrons. The van der Waals surface area contributed by atoms with Gasteiger partial charge in [0.05, 0.1) is 7.11 Å². The van der Waals surface area contributed by atoms with Crippen molar-refractivity contribution in [3.05, 3.63) is 28.0 Å². The number of carbonyl (C=O) groups excluding carboxylic acids is 2. The third-order valence-corrected chi connectivity index (χ3v) is 5.28. The van der Waals surface area contributed by atoms with Crippen molar-refractivity contribution in [1.29, 1.82) is 0 Å². The van der Waals surface area contributed by atoms with Crippen LogP contribution in [0.25, 0.3) is 6.08 Å². The lowest BCUT2D eigenvalue weighted by atomic mass is 10.1. The van der Waals surface area contributed by atoms with E-state index in [9.17, 15) is 9.59 Å². The van der Waals surface area contributed by atoms with Crippen LogP contribution in [0.2, 0.25) is 0 Å². The molecule has 0 bridgehead atoms. The van der Waals surface area contributed by atoms with Gasteiger partial charge >= 0.3 is 5.97 Å². The molecule has 0 atom stereocenters. The summed E-state index contributed by atoms with van der Waals surface area (Å²) in [7, 11) is 1.44. The Labute approximate surface area is 156 Å². The van der Waals surface area contributed by atoms with Crippen LogP contribution in [0, 0.1) is 0 Å². The molecule has 0 aromatic carbocycles. The summed E-state index contributed by atoms with van der Waals surface area (Å²) >= 11 is 1.78. The second-order valence-corrected chi connectivity index (χ2v) is 7.60. The predicted octanol–water partition coefficient (Wildman–Crippen LogP) is 5.97. The molecule has 0 fully saturated rings. The minimum atomic E-state index is -0.108. The summed E-state index contributed by atoms with van der Waals surface area (Å²) in [5, 5.41) is 0. The summed E-state index contributed by atoms with van der Waals surface area (Å²) < 4.78 is 4.63. The van der Waals surface area contributed by atoms with E-state index < -0.39 is 0 Å². The highest BCUT2D eigenvalue weighted by Crippen LogP contribution is 2.21. The fourth-order valence-corrected chi connectivity index (χ4v) is 3.58. The number of carbonyl (C=O) groups is 2. The second-order valence-electron chi connectivity index (χ2n) is 6.40. The molecule has 1 aromatic heterocycles. The fourth-order valence-electron chi connectivity index (χ4n) is 2.63. The van der Waals surface area contributed by atoms with Crippen molar-refractivity contribution in [1.82, 2.24) is 0 Å². The van der Waals surface area contributed by atoms with E-state index in [1.165, 1.54) is 31.2 Å². The normalized spacial score (nSPS) is 11.1. The zero-order valence-corrected chi connectivity index (χ0v) is 16.5. The van der Waals surface area contributed by atoms with E-state index in [-0.39, 0.29) is 11.8 Å².